The maximum atomic E-state index is 7.00. The third-order valence-electron chi connectivity index (χ3n) is 17.8. The lowest BCUT2D eigenvalue weighted by molar-refractivity contribution is 0.483. The summed E-state index contributed by atoms with van der Waals surface area (Å²) in [4.78, 5) is 19.9. The second kappa shape index (κ2) is 20.0. The minimum atomic E-state index is -0.282. The van der Waals surface area contributed by atoms with Crippen molar-refractivity contribution in [3.63, 3.8) is 0 Å². The van der Waals surface area contributed by atoms with Crippen molar-refractivity contribution < 1.29 is 4.74 Å². The second-order valence-electron chi connectivity index (χ2n) is 25.1. The Kier molecular flexibility index (Phi) is 11.9. The van der Waals surface area contributed by atoms with Gasteiger partial charge in [-0.05, 0) is 129 Å². The van der Waals surface area contributed by atoms with E-state index in [-0.39, 0.29) is 10.8 Å². The highest BCUT2D eigenvalue weighted by atomic mass is 16.5. The van der Waals surface area contributed by atoms with Gasteiger partial charge in [-0.15, -0.1) is 0 Å². The van der Waals surface area contributed by atoms with Crippen molar-refractivity contribution in [1.29, 1.82) is 0 Å². The molecule has 8 heteroatoms. The number of ether oxygens (including phenoxy) is 1. The lowest BCUT2D eigenvalue weighted by Gasteiger charge is -2.38. The quantitative estimate of drug-likeness (QED) is 0.158. The number of rotatable bonds is 7. The van der Waals surface area contributed by atoms with Crippen molar-refractivity contribution in [2.45, 2.75) is 52.4 Å². The molecule has 420 valence electrons. The number of hydrogen-bond acceptors (Lipinski definition) is 7. The van der Waals surface area contributed by atoms with E-state index in [4.69, 9.17) is 14.7 Å². The number of para-hydroxylation sites is 5. The van der Waals surface area contributed by atoms with Crippen molar-refractivity contribution in [2.75, 3.05) is 26.3 Å². The Morgan fingerprint density at radius 3 is 1.40 bits per heavy atom. The van der Waals surface area contributed by atoms with Gasteiger partial charge in [0.05, 0.1) is 68.4 Å². The van der Waals surface area contributed by atoms with E-state index in [2.05, 4.69) is 308 Å². The van der Waals surface area contributed by atoms with Gasteiger partial charge in [-0.25, -0.2) is 4.98 Å². The Balaban J connectivity index is 0.901. The topological polar surface area (TPSA) is 52.9 Å². The summed E-state index contributed by atoms with van der Waals surface area (Å²) in [6.07, 6.45) is 5.88. The molecule has 0 atom stereocenters. The SMILES string of the molecule is CC(C)(C)c1ccnc(-n2c3ccccc3c3ccc(Oc4cccc(N5CN(c6c(N7c8ccccc8-c8ccccc8-c8ccccc87)cc(C(C)(C)C)cc6N6c7ccccc7-c7ccccc7-c7ccccc76)c6cnccc65)c4)cc32)c1. The predicted octanol–water partition coefficient (Wildman–Crippen LogP) is 21.4. The van der Waals surface area contributed by atoms with Gasteiger partial charge in [0.1, 0.15) is 24.0 Å². The zero-order valence-electron chi connectivity index (χ0n) is 49.6. The van der Waals surface area contributed by atoms with E-state index in [1.165, 1.54) is 38.8 Å². The molecule has 8 nitrogen and oxygen atoms in total. The van der Waals surface area contributed by atoms with Gasteiger partial charge in [0.15, 0.2) is 0 Å². The van der Waals surface area contributed by atoms with Gasteiger partial charge in [0, 0.05) is 63.2 Å². The average Bonchev–Trinajstić information content (AvgIpc) is 1.87. The van der Waals surface area contributed by atoms with Crippen LogP contribution in [-0.4, -0.2) is 21.2 Å². The van der Waals surface area contributed by atoms with Gasteiger partial charge in [0.2, 0.25) is 0 Å². The zero-order valence-corrected chi connectivity index (χ0v) is 49.6. The fourth-order valence-electron chi connectivity index (χ4n) is 13.6. The Bertz CT molecular complexity index is 4620. The van der Waals surface area contributed by atoms with Crippen molar-refractivity contribution in [3.8, 4) is 61.8 Å². The largest absolute Gasteiger partial charge is 0.457 e. The molecule has 0 saturated carbocycles. The molecule has 3 aromatic heterocycles. The number of nitrogens with zero attached hydrogens (tertiary/aromatic N) is 7. The van der Waals surface area contributed by atoms with Crippen molar-refractivity contribution in [1.82, 2.24) is 14.5 Å². The van der Waals surface area contributed by atoms with Crippen LogP contribution in [0.5, 0.6) is 11.5 Å². The Labute approximate surface area is 508 Å². The summed E-state index contributed by atoms with van der Waals surface area (Å²) in [5.41, 5.74) is 24.1. The maximum absolute atomic E-state index is 7.00. The Hall–Kier alpha value is -10.7. The van der Waals surface area contributed by atoms with Gasteiger partial charge in [-0.3, -0.25) is 9.55 Å². The third-order valence-corrected chi connectivity index (χ3v) is 17.8. The molecule has 0 unspecified atom stereocenters. The number of anilines is 10. The number of benzene rings is 10. The minimum absolute atomic E-state index is 0.0441. The summed E-state index contributed by atoms with van der Waals surface area (Å²) in [6.45, 7) is 14.2. The van der Waals surface area contributed by atoms with E-state index < -0.39 is 0 Å². The second-order valence-corrected chi connectivity index (χ2v) is 25.1. The van der Waals surface area contributed by atoms with Crippen LogP contribution in [0.4, 0.5) is 56.9 Å². The minimum Gasteiger partial charge on any atom is -0.457 e. The lowest BCUT2D eigenvalue weighted by Crippen LogP contribution is -2.28. The third kappa shape index (κ3) is 8.49. The average molecular weight is 1130 g/mol. The fourth-order valence-corrected chi connectivity index (χ4v) is 13.6. The van der Waals surface area contributed by atoms with Crippen LogP contribution in [-0.2, 0) is 10.8 Å². The van der Waals surface area contributed by atoms with Crippen LogP contribution in [0.3, 0.4) is 0 Å². The summed E-state index contributed by atoms with van der Waals surface area (Å²) in [6, 6.07) is 88.4. The van der Waals surface area contributed by atoms with E-state index in [1.807, 2.05) is 18.6 Å². The van der Waals surface area contributed by atoms with E-state index >= 15 is 0 Å². The maximum Gasteiger partial charge on any atom is 0.137 e. The molecule has 6 heterocycles. The number of aromatic nitrogens is 3. The highest BCUT2D eigenvalue weighted by Gasteiger charge is 2.39. The highest BCUT2D eigenvalue weighted by molar-refractivity contribution is 6.12. The predicted molar refractivity (Wildman–Crippen MR) is 361 cm³/mol. The van der Waals surface area contributed by atoms with Crippen LogP contribution in [0.2, 0.25) is 0 Å². The zero-order chi connectivity index (χ0) is 58.7. The number of hydrogen-bond donors (Lipinski definition) is 0. The summed E-state index contributed by atoms with van der Waals surface area (Å²) >= 11 is 0. The lowest BCUT2D eigenvalue weighted by atomic mass is 9.85. The molecule has 10 aromatic carbocycles. The summed E-state index contributed by atoms with van der Waals surface area (Å²) in [7, 11) is 0. The molecule has 13 aromatic rings. The van der Waals surface area contributed by atoms with E-state index in [0.717, 1.165) is 113 Å². The molecule has 3 aliphatic heterocycles. The normalized spacial score (nSPS) is 13.3. The van der Waals surface area contributed by atoms with Crippen LogP contribution in [0.15, 0.2) is 261 Å². The van der Waals surface area contributed by atoms with Gasteiger partial charge in [0.25, 0.3) is 0 Å². The Morgan fingerprint density at radius 2 is 0.851 bits per heavy atom. The van der Waals surface area contributed by atoms with Crippen LogP contribution >= 0.6 is 0 Å². The first-order valence-corrected chi connectivity index (χ1v) is 30.1. The van der Waals surface area contributed by atoms with E-state index in [0.29, 0.717) is 6.67 Å². The van der Waals surface area contributed by atoms with Gasteiger partial charge in [-0.2, -0.15) is 0 Å². The smallest absolute Gasteiger partial charge is 0.137 e. The number of fused-ring (bicyclic) bond motifs is 14. The van der Waals surface area contributed by atoms with E-state index in [9.17, 15) is 0 Å². The standard InChI is InChI=1S/C79H63N7O/c1-78(2,3)51-40-43-81-76(46-51)86-70-37-20-15-32-64(70)65-39-38-55(48-72(65)86)87-54-23-21-22-53(47-54)82-50-83(75-49-80-42-41-71(75)82)77-73(84-66-33-16-11-28-60(66)56-24-7-8-25-57(56)61-29-12-17-34-67(61)84)44-52(79(4,5)6)45-74(77)85-68-35-18-13-30-62(68)58-26-9-10-27-59(58)63-31-14-19-36-69(63)85/h7-49H,50H2,1-6H3. The first-order chi connectivity index (χ1) is 42.4. The fraction of sp³-hybridized carbons (Fsp3) is 0.114. The molecule has 87 heavy (non-hydrogen) atoms. The molecule has 3 aliphatic rings. The molecule has 0 bridgehead atoms. The van der Waals surface area contributed by atoms with Crippen molar-refractivity contribution >= 4 is 78.7 Å². The summed E-state index contributed by atoms with van der Waals surface area (Å²) in [5.74, 6) is 2.33. The first kappa shape index (κ1) is 51.9. The van der Waals surface area contributed by atoms with Gasteiger partial charge >= 0.3 is 0 Å². The molecule has 0 N–H and O–H groups in total. The first-order valence-electron chi connectivity index (χ1n) is 30.1. The van der Waals surface area contributed by atoms with E-state index in [1.54, 1.807) is 0 Å². The molecule has 16 rings (SSSR count). The molecular weight excluding hydrogens is 1060 g/mol. The summed E-state index contributed by atoms with van der Waals surface area (Å²) in [5, 5.41) is 2.30. The van der Waals surface area contributed by atoms with Crippen molar-refractivity contribution in [2.24, 2.45) is 0 Å². The highest BCUT2D eigenvalue weighted by Crippen LogP contribution is 2.61. The molecular formula is C79H63N7O. The van der Waals surface area contributed by atoms with Gasteiger partial charge in [-0.1, -0.05) is 187 Å². The summed E-state index contributed by atoms with van der Waals surface area (Å²) < 4.78 is 9.27. The molecule has 0 radical (unpaired) electrons. The van der Waals surface area contributed by atoms with Crippen LogP contribution in [0, 0.1) is 0 Å². The molecule has 0 saturated heterocycles. The van der Waals surface area contributed by atoms with Crippen LogP contribution in [0.25, 0.3) is 72.1 Å². The van der Waals surface area contributed by atoms with Crippen LogP contribution in [0.1, 0.15) is 52.7 Å². The van der Waals surface area contributed by atoms with Crippen LogP contribution < -0.4 is 24.3 Å². The number of pyridine rings is 2. The molecule has 0 spiro atoms. The molecule has 0 aliphatic carbocycles. The Morgan fingerprint density at radius 1 is 0.356 bits per heavy atom. The molecule has 0 fully saturated rings. The van der Waals surface area contributed by atoms with Crippen molar-refractivity contribution in [3.05, 3.63) is 272 Å². The molecule has 0 amide bonds. The monoisotopic (exact) mass is 1130 g/mol. The van der Waals surface area contributed by atoms with Gasteiger partial charge < -0.3 is 24.3 Å².